The maximum atomic E-state index is 12.3. The number of hydrogen-bond donors (Lipinski definition) is 0. The van der Waals surface area contributed by atoms with Crippen molar-refractivity contribution in [2.75, 3.05) is 19.1 Å². The zero-order chi connectivity index (χ0) is 16.5. The van der Waals surface area contributed by atoms with Gasteiger partial charge >= 0.3 is 0 Å². The van der Waals surface area contributed by atoms with Crippen molar-refractivity contribution in [3.05, 3.63) is 47.4 Å². The van der Waals surface area contributed by atoms with Crippen molar-refractivity contribution in [3.63, 3.8) is 0 Å². The molecular formula is C18H19NO4S. The molecule has 0 spiro atoms. The molecular weight excluding hydrogens is 326 g/mol. The first-order valence-corrected chi connectivity index (χ1v) is 9.17. The number of furan rings is 1. The minimum atomic E-state index is -0.0215. The SMILES string of the molecule is CCc1ccc(C2SCC(=O)N2CCc2ccc3c(c2)OCO3)o1. The molecule has 0 aliphatic carbocycles. The quantitative estimate of drug-likeness (QED) is 0.831. The van der Waals surface area contributed by atoms with Gasteiger partial charge in [0.05, 0.1) is 5.75 Å². The summed E-state index contributed by atoms with van der Waals surface area (Å²) in [6.07, 6.45) is 1.64. The molecule has 126 valence electrons. The van der Waals surface area contributed by atoms with Crippen LogP contribution in [0.3, 0.4) is 0 Å². The van der Waals surface area contributed by atoms with Gasteiger partial charge in [-0.2, -0.15) is 0 Å². The normalized spacial score (nSPS) is 19.3. The highest BCUT2D eigenvalue weighted by molar-refractivity contribution is 8.00. The summed E-state index contributed by atoms with van der Waals surface area (Å²) in [5.41, 5.74) is 1.14. The van der Waals surface area contributed by atoms with Gasteiger partial charge in [0.1, 0.15) is 16.9 Å². The van der Waals surface area contributed by atoms with Crippen molar-refractivity contribution < 1.29 is 18.7 Å². The van der Waals surface area contributed by atoms with E-state index in [1.165, 1.54) is 0 Å². The predicted molar refractivity (Wildman–Crippen MR) is 91.3 cm³/mol. The molecule has 1 amide bonds. The second-order valence-electron chi connectivity index (χ2n) is 5.85. The summed E-state index contributed by atoms with van der Waals surface area (Å²) in [5.74, 6) is 4.07. The van der Waals surface area contributed by atoms with E-state index in [9.17, 15) is 4.79 Å². The van der Waals surface area contributed by atoms with E-state index in [4.69, 9.17) is 13.9 Å². The first-order valence-electron chi connectivity index (χ1n) is 8.13. The smallest absolute Gasteiger partial charge is 0.233 e. The lowest BCUT2D eigenvalue weighted by atomic mass is 10.1. The minimum Gasteiger partial charge on any atom is -0.463 e. The van der Waals surface area contributed by atoms with Crippen LogP contribution < -0.4 is 9.47 Å². The Morgan fingerprint density at radius 1 is 1.21 bits per heavy atom. The highest BCUT2D eigenvalue weighted by atomic mass is 32.2. The molecule has 1 saturated heterocycles. The van der Waals surface area contributed by atoms with Gasteiger partial charge in [0.15, 0.2) is 11.5 Å². The van der Waals surface area contributed by atoms with E-state index < -0.39 is 0 Å². The highest BCUT2D eigenvalue weighted by Crippen LogP contribution is 2.39. The maximum absolute atomic E-state index is 12.3. The molecule has 1 fully saturated rings. The van der Waals surface area contributed by atoms with E-state index in [0.717, 1.165) is 41.4 Å². The topological polar surface area (TPSA) is 51.9 Å². The van der Waals surface area contributed by atoms with E-state index in [1.807, 2.05) is 35.2 Å². The summed E-state index contributed by atoms with van der Waals surface area (Å²) in [6.45, 7) is 3.01. The fraction of sp³-hybridized carbons (Fsp3) is 0.389. The Bertz CT molecular complexity index is 757. The number of ether oxygens (including phenoxy) is 2. The molecule has 2 aliphatic rings. The first kappa shape index (κ1) is 15.4. The molecule has 0 bridgehead atoms. The minimum absolute atomic E-state index is 0.0215. The summed E-state index contributed by atoms with van der Waals surface area (Å²) in [7, 11) is 0. The van der Waals surface area contributed by atoms with Gasteiger partial charge in [-0.05, 0) is 36.2 Å². The van der Waals surface area contributed by atoms with Crippen molar-refractivity contribution in [1.82, 2.24) is 4.90 Å². The maximum Gasteiger partial charge on any atom is 0.233 e. The standard InChI is InChI=1S/C18H19NO4S/c1-2-13-4-6-15(23-13)18-19(17(20)10-24-18)8-7-12-3-5-14-16(9-12)22-11-21-14/h3-6,9,18H,2,7-8,10-11H2,1H3. The fourth-order valence-electron chi connectivity index (χ4n) is 2.99. The van der Waals surface area contributed by atoms with Gasteiger partial charge in [-0.1, -0.05) is 13.0 Å². The first-order chi connectivity index (χ1) is 11.7. The van der Waals surface area contributed by atoms with Gasteiger partial charge in [-0.25, -0.2) is 0 Å². The second kappa shape index (κ2) is 6.43. The Labute approximate surface area is 144 Å². The Hall–Kier alpha value is -2.08. The van der Waals surface area contributed by atoms with Gasteiger partial charge < -0.3 is 18.8 Å². The van der Waals surface area contributed by atoms with Crippen LogP contribution in [-0.4, -0.2) is 29.9 Å². The summed E-state index contributed by atoms with van der Waals surface area (Å²) in [5, 5.41) is -0.0215. The molecule has 1 atom stereocenters. The molecule has 4 rings (SSSR count). The van der Waals surface area contributed by atoms with Crippen LogP contribution in [0.5, 0.6) is 11.5 Å². The lowest BCUT2D eigenvalue weighted by Gasteiger charge is -2.22. The van der Waals surface area contributed by atoms with E-state index in [1.54, 1.807) is 11.8 Å². The number of nitrogens with zero attached hydrogens (tertiary/aromatic N) is 1. The zero-order valence-corrected chi connectivity index (χ0v) is 14.3. The van der Waals surface area contributed by atoms with Gasteiger partial charge in [0.2, 0.25) is 12.7 Å². The number of benzene rings is 1. The predicted octanol–water partition coefficient (Wildman–Crippen LogP) is 3.39. The van der Waals surface area contributed by atoms with Crippen LogP contribution >= 0.6 is 11.8 Å². The van der Waals surface area contributed by atoms with Crippen LogP contribution in [0, 0.1) is 0 Å². The van der Waals surface area contributed by atoms with Crippen molar-refractivity contribution in [2.45, 2.75) is 25.1 Å². The molecule has 2 aliphatic heterocycles. The number of aryl methyl sites for hydroxylation is 1. The van der Waals surface area contributed by atoms with Crippen molar-refractivity contribution in [1.29, 1.82) is 0 Å². The Kier molecular flexibility index (Phi) is 4.14. The Morgan fingerprint density at radius 3 is 2.92 bits per heavy atom. The number of carbonyl (C=O) groups excluding carboxylic acids is 1. The van der Waals surface area contributed by atoms with Crippen LogP contribution in [0.1, 0.15) is 29.4 Å². The van der Waals surface area contributed by atoms with Gasteiger partial charge in [0, 0.05) is 13.0 Å². The van der Waals surface area contributed by atoms with E-state index in [0.29, 0.717) is 12.3 Å². The van der Waals surface area contributed by atoms with Crippen molar-refractivity contribution in [3.8, 4) is 11.5 Å². The highest BCUT2D eigenvalue weighted by Gasteiger charge is 2.34. The van der Waals surface area contributed by atoms with Gasteiger partial charge in [-0.15, -0.1) is 11.8 Å². The van der Waals surface area contributed by atoms with Crippen molar-refractivity contribution in [2.24, 2.45) is 0 Å². The third-order valence-electron chi connectivity index (χ3n) is 4.32. The third-order valence-corrected chi connectivity index (χ3v) is 5.54. The number of thioether (sulfide) groups is 1. The lowest BCUT2D eigenvalue weighted by molar-refractivity contribution is -0.128. The average molecular weight is 345 g/mol. The van der Waals surface area contributed by atoms with Crippen LogP contribution in [0.2, 0.25) is 0 Å². The molecule has 0 saturated carbocycles. The van der Waals surface area contributed by atoms with E-state index in [2.05, 4.69) is 6.92 Å². The number of carbonyl (C=O) groups is 1. The van der Waals surface area contributed by atoms with Crippen LogP contribution in [-0.2, 0) is 17.6 Å². The average Bonchev–Trinajstić information content (AvgIpc) is 3.31. The van der Waals surface area contributed by atoms with Crippen LogP contribution in [0.15, 0.2) is 34.7 Å². The van der Waals surface area contributed by atoms with Crippen LogP contribution in [0.4, 0.5) is 0 Å². The lowest BCUT2D eigenvalue weighted by Crippen LogP contribution is -2.30. The molecule has 1 aromatic heterocycles. The summed E-state index contributed by atoms with van der Waals surface area (Å²) in [4.78, 5) is 14.2. The number of fused-ring (bicyclic) bond motifs is 1. The number of rotatable bonds is 5. The van der Waals surface area contributed by atoms with Gasteiger partial charge in [0.25, 0.3) is 0 Å². The molecule has 1 unspecified atom stereocenters. The summed E-state index contributed by atoms with van der Waals surface area (Å²) >= 11 is 1.63. The Balaban J connectivity index is 1.46. The molecule has 2 aromatic rings. The second-order valence-corrected chi connectivity index (χ2v) is 6.91. The Morgan fingerprint density at radius 2 is 2.08 bits per heavy atom. The largest absolute Gasteiger partial charge is 0.463 e. The monoisotopic (exact) mass is 345 g/mol. The molecule has 24 heavy (non-hydrogen) atoms. The third kappa shape index (κ3) is 2.86. The molecule has 5 nitrogen and oxygen atoms in total. The van der Waals surface area contributed by atoms with E-state index >= 15 is 0 Å². The molecule has 6 heteroatoms. The molecule has 0 radical (unpaired) electrons. The van der Waals surface area contributed by atoms with Crippen molar-refractivity contribution >= 4 is 17.7 Å². The zero-order valence-electron chi connectivity index (χ0n) is 13.5. The van der Waals surface area contributed by atoms with Gasteiger partial charge in [-0.3, -0.25) is 4.79 Å². The number of amides is 1. The van der Waals surface area contributed by atoms with Crippen LogP contribution in [0.25, 0.3) is 0 Å². The molecule has 1 aromatic carbocycles. The summed E-state index contributed by atoms with van der Waals surface area (Å²) in [6, 6.07) is 9.93. The van der Waals surface area contributed by atoms with E-state index in [-0.39, 0.29) is 18.1 Å². The fourth-order valence-corrected chi connectivity index (χ4v) is 4.15. The summed E-state index contributed by atoms with van der Waals surface area (Å²) < 4.78 is 16.6. The molecule has 3 heterocycles. The number of hydrogen-bond acceptors (Lipinski definition) is 5. The molecule has 0 N–H and O–H groups in total.